The van der Waals surface area contributed by atoms with Gasteiger partial charge < -0.3 is 9.38 Å². The molecule has 20 heavy (non-hydrogen) atoms. The summed E-state index contributed by atoms with van der Waals surface area (Å²) in [5.74, 6) is 0. The molecular weight excluding hydrogens is 250 g/mol. The van der Waals surface area contributed by atoms with Gasteiger partial charge in [0, 0.05) is 23.7 Å². The predicted octanol–water partition coefficient (Wildman–Crippen LogP) is 2.79. The highest BCUT2D eigenvalue weighted by atomic mass is 16.1. The zero-order valence-electron chi connectivity index (χ0n) is 10.6. The molecule has 1 N–H and O–H groups in total. The van der Waals surface area contributed by atoms with E-state index in [9.17, 15) is 4.79 Å². The Hall–Kier alpha value is -2.88. The summed E-state index contributed by atoms with van der Waals surface area (Å²) in [7, 11) is 0. The third-order valence-corrected chi connectivity index (χ3v) is 3.40. The molecule has 4 heteroatoms. The Morgan fingerprint density at radius 3 is 2.75 bits per heavy atom. The Balaban J connectivity index is 2.04. The molecule has 3 heterocycles. The molecule has 4 nitrogen and oxygen atoms in total. The molecule has 2 aliphatic rings. The van der Waals surface area contributed by atoms with Crippen LogP contribution in [0.4, 0.5) is 0 Å². The van der Waals surface area contributed by atoms with Crippen LogP contribution in [0.15, 0.2) is 65.7 Å². The van der Waals surface area contributed by atoms with Crippen molar-refractivity contribution in [2.24, 2.45) is 0 Å². The van der Waals surface area contributed by atoms with Crippen molar-refractivity contribution in [3.05, 3.63) is 71.3 Å². The van der Waals surface area contributed by atoms with Crippen molar-refractivity contribution in [3.8, 4) is 22.5 Å². The number of pyridine rings is 1. The molecule has 0 spiro atoms. The van der Waals surface area contributed by atoms with Crippen LogP contribution in [0, 0.1) is 0 Å². The maximum Gasteiger partial charge on any atom is 0.258 e. The van der Waals surface area contributed by atoms with Gasteiger partial charge in [-0.05, 0) is 18.2 Å². The molecule has 0 fully saturated rings. The maximum atomic E-state index is 12.2. The molecule has 2 aromatic rings. The van der Waals surface area contributed by atoms with E-state index >= 15 is 0 Å². The summed E-state index contributed by atoms with van der Waals surface area (Å²) in [6.07, 6.45) is 3.80. The quantitative estimate of drug-likeness (QED) is 0.573. The van der Waals surface area contributed by atoms with Gasteiger partial charge in [0.05, 0.1) is 11.3 Å². The number of fused-ring (bicyclic) bond motifs is 2. The van der Waals surface area contributed by atoms with Gasteiger partial charge >= 0.3 is 0 Å². The second-order valence-corrected chi connectivity index (χ2v) is 4.66. The lowest BCUT2D eigenvalue weighted by Gasteiger charge is -1.94. The normalized spacial score (nSPS) is 11.2. The molecule has 0 amide bonds. The average molecular weight is 261 g/mol. The highest BCUT2D eigenvalue weighted by Crippen LogP contribution is 2.28. The van der Waals surface area contributed by atoms with Crippen molar-refractivity contribution in [2.45, 2.75) is 0 Å². The van der Waals surface area contributed by atoms with E-state index in [1.807, 2.05) is 65.3 Å². The molecule has 1 aliphatic heterocycles. The number of hydrogen-bond donors (Lipinski definition) is 1. The molecular formula is C16H11N3O. The Labute approximate surface area is 114 Å². The summed E-state index contributed by atoms with van der Waals surface area (Å²) in [5.41, 5.74) is 3.76. The van der Waals surface area contributed by atoms with Crippen molar-refractivity contribution in [3.63, 3.8) is 0 Å². The van der Waals surface area contributed by atoms with Crippen LogP contribution in [-0.4, -0.2) is 14.4 Å². The van der Waals surface area contributed by atoms with Crippen LogP contribution in [0.2, 0.25) is 0 Å². The lowest BCUT2D eigenvalue weighted by Crippen LogP contribution is -2.00. The van der Waals surface area contributed by atoms with Crippen LogP contribution < -0.4 is 5.56 Å². The summed E-state index contributed by atoms with van der Waals surface area (Å²) in [6, 6.07) is 15.4. The summed E-state index contributed by atoms with van der Waals surface area (Å²) in [6.45, 7) is 0. The second-order valence-electron chi connectivity index (χ2n) is 4.66. The average Bonchev–Trinajstić information content (AvgIpc) is 2.92. The SMILES string of the molecule is O=c1[nH]c2cccccc-2c1-c1cn2ccccc2n1. The van der Waals surface area contributed by atoms with Gasteiger partial charge in [0.15, 0.2) is 0 Å². The first-order valence-electron chi connectivity index (χ1n) is 6.38. The van der Waals surface area contributed by atoms with Crippen molar-refractivity contribution >= 4 is 5.65 Å². The van der Waals surface area contributed by atoms with Gasteiger partial charge in [-0.3, -0.25) is 4.79 Å². The summed E-state index contributed by atoms with van der Waals surface area (Å²) < 4.78 is 1.91. The number of aromatic nitrogens is 3. The van der Waals surface area contributed by atoms with Crippen LogP contribution in [0.5, 0.6) is 0 Å². The zero-order chi connectivity index (χ0) is 13.5. The molecule has 0 saturated heterocycles. The summed E-state index contributed by atoms with van der Waals surface area (Å²) >= 11 is 0. The number of nitrogens with zero attached hydrogens (tertiary/aromatic N) is 2. The van der Waals surface area contributed by atoms with E-state index in [2.05, 4.69) is 9.97 Å². The van der Waals surface area contributed by atoms with Crippen molar-refractivity contribution in [1.82, 2.24) is 14.4 Å². The predicted molar refractivity (Wildman–Crippen MR) is 77.9 cm³/mol. The first-order chi connectivity index (χ1) is 9.83. The highest BCUT2D eigenvalue weighted by Gasteiger charge is 2.17. The molecule has 4 rings (SSSR count). The number of imidazole rings is 1. The first kappa shape index (κ1) is 11.0. The number of H-pyrrole nitrogens is 1. The van der Waals surface area contributed by atoms with Gasteiger partial charge in [-0.2, -0.15) is 0 Å². The molecule has 1 aliphatic carbocycles. The van der Waals surface area contributed by atoms with E-state index in [-0.39, 0.29) is 5.56 Å². The van der Waals surface area contributed by atoms with Gasteiger partial charge in [-0.25, -0.2) is 4.98 Å². The fraction of sp³-hybridized carbons (Fsp3) is 0. The molecule has 96 valence electrons. The highest BCUT2D eigenvalue weighted by molar-refractivity contribution is 5.82. The summed E-state index contributed by atoms with van der Waals surface area (Å²) in [5, 5.41) is 0. The monoisotopic (exact) mass is 261 g/mol. The maximum absolute atomic E-state index is 12.2. The minimum atomic E-state index is -0.102. The number of aromatic amines is 1. The Kier molecular flexibility index (Phi) is 2.23. The lowest BCUT2D eigenvalue weighted by atomic mass is 10.1. The Morgan fingerprint density at radius 2 is 1.85 bits per heavy atom. The van der Waals surface area contributed by atoms with Gasteiger partial charge in [0.2, 0.25) is 0 Å². The minimum absolute atomic E-state index is 0.102. The van der Waals surface area contributed by atoms with Gasteiger partial charge in [-0.15, -0.1) is 0 Å². The Bertz CT molecular complexity index is 903. The van der Waals surface area contributed by atoms with E-state index in [0.29, 0.717) is 11.3 Å². The van der Waals surface area contributed by atoms with Crippen LogP contribution in [0.3, 0.4) is 0 Å². The fourth-order valence-electron chi connectivity index (χ4n) is 2.49. The van der Waals surface area contributed by atoms with Gasteiger partial charge in [-0.1, -0.05) is 30.3 Å². The topological polar surface area (TPSA) is 50.2 Å². The van der Waals surface area contributed by atoms with Gasteiger partial charge in [0.25, 0.3) is 5.56 Å². The first-order valence-corrected chi connectivity index (χ1v) is 6.38. The number of nitrogens with one attached hydrogen (secondary N) is 1. The third-order valence-electron chi connectivity index (χ3n) is 3.40. The van der Waals surface area contributed by atoms with E-state index in [1.165, 1.54) is 0 Å². The molecule has 0 atom stereocenters. The molecule has 0 saturated carbocycles. The Morgan fingerprint density at radius 1 is 1.00 bits per heavy atom. The van der Waals surface area contributed by atoms with Crippen molar-refractivity contribution < 1.29 is 0 Å². The molecule has 0 bridgehead atoms. The zero-order valence-corrected chi connectivity index (χ0v) is 10.6. The molecule has 0 radical (unpaired) electrons. The molecule has 0 unspecified atom stereocenters. The molecule has 2 aromatic heterocycles. The molecule has 0 aromatic carbocycles. The number of hydrogen-bond acceptors (Lipinski definition) is 2. The second kappa shape index (κ2) is 4.06. The van der Waals surface area contributed by atoms with Crippen molar-refractivity contribution in [2.75, 3.05) is 0 Å². The third kappa shape index (κ3) is 1.55. The summed E-state index contributed by atoms with van der Waals surface area (Å²) in [4.78, 5) is 19.6. The van der Waals surface area contributed by atoms with Crippen LogP contribution >= 0.6 is 0 Å². The number of rotatable bonds is 1. The van der Waals surface area contributed by atoms with Gasteiger partial charge in [0.1, 0.15) is 5.65 Å². The fourth-order valence-corrected chi connectivity index (χ4v) is 2.49. The largest absolute Gasteiger partial charge is 0.321 e. The lowest BCUT2D eigenvalue weighted by molar-refractivity contribution is 1.19. The smallest absolute Gasteiger partial charge is 0.258 e. The van der Waals surface area contributed by atoms with Crippen LogP contribution in [0.25, 0.3) is 28.2 Å². The van der Waals surface area contributed by atoms with E-state index in [0.717, 1.165) is 16.9 Å². The van der Waals surface area contributed by atoms with Crippen LogP contribution in [0.1, 0.15) is 0 Å². The minimum Gasteiger partial charge on any atom is -0.321 e. The van der Waals surface area contributed by atoms with Crippen molar-refractivity contribution in [1.29, 1.82) is 0 Å². The van der Waals surface area contributed by atoms with Crippen LogP contribution in [-0.2, 0) is 0 Å². The van der Waals surface area contributed by atoms with E-state index in [1.54, 1.807) is 0 Å². The van der Waals surface area contributed by atoms with E-state index in [4.69, 9.17) is 0 Å². The van der Waals surface area contributed by atoms with E-state index < -0.39 is 0 Å². The standard InChI is InChI=1S/C16H11N3O/c20-16-15(11-6-2-1-3-7-12(11)18-16)13-10-19-9-5-4-8-14(19)17-13/h1-10H,(H,18,20).